The average Bonchev–Trinajstić information content (AvgIpc) is 3.24. The van der Waals surface area contributed by atoms with Crippen LogP contribution in [0.1, 0.15) is 41.9 Å². The monoisotopic (exact) mass is 491 g/mol. The number of pyridine rings is 1. The van der Waals surface area contributed by atoms with E-state index in [1.807, 2.05) is 51.1 Å². The van der Waals surface area contributed by atoms with Crippen LogP contribution in [0.15, 0.2) is 54.6 Å². The van der Waals surface area contributed by atoms with Crippen molar-refractivity contribution < 1.29 is 19.5 Å². The first-order valence-corrected chi connectivity index (χ1v) is 12.2. The summed E-state index contributed by atoms with van der Waals surface area (Å²) < 4.78 is 6.01. The molecule has 2 amide bonds. The molecule has 1 aliphatic rings. The number of aromatic nitrogens is 1. The van der Waals surface area contributed by atoms with Gasteiger partial charge in [-0.15, -0.1) is 0 Å². The van der Waals surface area contributed by atoms with E-state index < -0.39 is 11.4 Å². The van der Waals surface area contributed by atoms with Gasteiger partial charge in [-0.3, -0.25) is 19.8 Å². The van der Waals surface area contributed by atoms with Crippen molar-refractivity contribution in [2.45, 2.75) is 39.3 Å². The fourth-order valence-corrected chi connectivity index (χ4v) is 4.85. The van der Waals surface area contributed by atoms with Crippen LogP contribution >= 0.6 is 0 Å². The molecule has 0 unspecified atom stereocenters. The summed E-state index contributed by atoms with van der Waals surface area (Å²) in [6, 6.07) is 16.9. The summed E-state index contributed by atoms with van der Waals surface area (Å²) >= 11 is 0. The molecule has 0 spiro atoms. The van der Waals surface area contributed by atoms with Gasteiger partial charge in [0.1, 0.15) is 12.4 Å². The van der Waals surface area contributed by atoms with Crippen molar-refractivity contribution in [2.24, 2.45) is 0 Å². The van der Waals surface area contributed by atoms with E-state index in [0.29, 0.717) is 31.0 Å². The fraction of sp³-hybridized carbons (Fsp3) is 0.370. The molecule has 36 heavy (non-hydrogen) atoms. The number of amides is 2. The van der Waals surface area contributed by atoms with E-state index >= 15 is 0 Å². The number of hydrogen-bond donors (Lipinski definition) is 3. The van der Waals surface area contributed by atoms with Crippen LogP contribution in [0, 0.1) is 6.92 Å². The molecule has 190 valence electrons. The number of hydrogen-bond acceptors (Lipinski definition) is 7. The molecule has 0 radical (unpaired) electrons. The van der Waals surface area contributed by atoms with Gasteiger partial charge in [0, 0.05) is 48.4 Å². The number of carbonyl (C=O) groups excluding carboxylic acids is 2. The van der Waals surface area contributed by atoms with Crippen LogP contribution in [0.4, 0.5) is 0 Å². The summed E-state index contributed by atoms with van der Waals surface area (Å²) in [5.41, 5.74) is 4.26. The van der Waals surface area contributed by atoms with Crippen LogP contribution in [0.5, 0.6) is 5.75 Å². The lowest BCUT2D eigenvalue weighted by Gasteiger charge is -2.28. The van der Waals surface area contributed by atoms with Crippen LogP contribution in [0.2, 0.25) is 0 Å². The maximum atomic E-state index is 13.2. The van der Waals surface area contributed by atoms with Crippen LogP contribution in [0.3, 0.4) is 0 Å². The van der Waals surface area contributed by atoms with Crippen molar-refractivity contribution >= 4 is 22.7 Å². The molecule has 0 bridgehead atoms. The lowest BCUT2D eigenvalue weighted by atomic mass is 9.94. The molecule has 3 aromatic rings. The molecule has 9 heteroatoms. The molecule has 2 heterocycles. The van der Waals surface area contributed by atoms with Crippen molar-refractivity contribution in [3.63, 3.8) is 0 Å². The number of fused-ring (bicyclic) bond motifs is 1. The third-order valence-electron chi connectivity index (χ3n) is 6.54. The minimum atomic E-state index is -0.814. The number of hydroxylamine groups is 1. The second-order valence-corrected chi connectivity index (χ2v) is 9.16. The minimum absolute atomic E-state index is 0.0251. The van der Waals surface area contributed by atoms with E-state index in [-0.39, 0.29) is 12.3 Å². The highest BCUT2D eigenvalue weighted by Gasteiger charge is 2.44. The first-order valence-electron chi connectivity index (χ1n) is 12.2. The molecule has 0 aliphatic carbocycles. The molecule has 1 aliphatic heterocycles. The summed E-state index contributed by atoms with van der Waals surface area (Å²) in [6.45, 7) is 8.88. The van der Waals surface area contributed by atoms with Gasteiger partial charge >= 0.3 is 0 Å². The van der Waals surface area contributed by atoms with E-state index in [1.54, 1.807) is 29.7 Å². The largest absolute Gasteiger partial charge is 0.489 e. The highest BCUT2D eigenvalue weighted by Crippen LogP contribution is 2.25. The Morgan fingerprint density at radius 1 is 1.06 bits per heavy atom. The maximum Gasteiger partial charge on any atom is 0.251 e. The third kappa shape index (κ3) is 5.64. The van der Waals surface area contributed by atoms with Crippen molar-refractivity contribution in [3.8, 4) is 5.75 Å². The number of nitrogens with zero attached hydrogens (tertiary/aromatic N) is 3. The van der Waals surface area contributed by atoms with Gasteiger partial charge in [0.25, 0.3) is 5.91 Å². The lowest BCUT2D eigenvalue weighted by Crippen LogP contribution is -2.55. The van der Waals surface area contributed by atoms with Gasteiger partial charge in [-0.2, -0.15) is 0 Å². The molecule has 4 rings (SSSR count). The normalized spacial score (nSPS) is 15.7. The number of carbonyl (C=O) groups is 2. The number of aryl methyl sites for hydroxylation is 1. The summed E-state index contributed by atoms with van der Waals surface area (Å²) in [4.78, 5) is 29.8. The fourth-order valence-electron chi connectivity index (χ4n) is 4.85. The van der Waals surface area contributed by atoms with Crippen LogP contribution in [-0.2, 0) is 11.4 Å². The second kappa shape index (κ2) is 11.0. The van der Waals surface area contributed by atoms with Gasteiger partial charge in [0.05, 0.1) is 17.5 Å². The Bertz CT molecular complexity index is 1220. The van der Waals surface area contributed by atoms with Gasteiger partial charge < -0.3 is 10.1 Å². The molecule has 0 saturated carbocycles. The zero-order valence-corrected chi connectivity index (χ0v) is 21.0. The van der Waals surface area contributed by atoms with E-state index in [9.17, 15) is 9.59 Å². The average molecular weight is 492 g/mol. The Balaban J connectivity index is 1.45. The Hall–Kier alpha value is -3.53. The van der Waals surface area contributed by atoms with Gasteiger partial charge in [-0.25, -0.2) is 15.5 Å². The zero-order valence-electron chi connectivity index (χ0n) is 21.0. The number of nitrogens with one attached hydrogen (secondary N) is 2. The Kier molecular flexibility index (Phi) is 7.83. The number of rotatable bonds is 9. The lowest BCUT2D eigenvalue weighted by molar-refractivity contribution is -0.130. The number of hydrazine groups is 1. The molecule has 3 N–H and O–H groups in total. The summed E-state index contributed by atoms with van der Waals surface area (Å²) in [6.07, 6.45) is -0.0251. The smallest absolute Gasteiger partial charge is 0.251 e. The SMILES string of the molecule is CCN1CC(CC(=O)NO)(NC(=O)c2ccc(OCc3cc(C)nc4ccccc34)cc2)CN1CC. The Labute approximate surface area is 211 Å². The predicted molar refractivity (Wildman–Crippen MR) is 136 cm³/mol. The Morgan fingerprint density at radius 2 is 1.72 bits per heavy atom. The van der Waals surface area contributed by atoms with E-state index in [1.165, 1.54) is 0 Å². The van der Waals surface area contributed by atoms with E-state index in [4.69, 9.17) is 9.94 Å². The van der Waals surface area contributed by atoms with Crippen LogP contribution < -0.4 is 15.5 Å². The maximum absolute atomic E-state index is 13.2. The number of para-hydroxylation sites is 1. The summed E-state index contributed by atoms with van der Waals surface area (Å²) in [7, 11) is 0. The molecular formula is C27H33N5O4. The highest BCUT2D eigenvalue weighted by molar-refractivity contribution is 5.95. The van der Waals surface area contributed by atoms with Crippen molar-refractivity contribution in [1.29, 1.82) is 0 Å². The number of benzene rings is 2. The van der Waals surface area contributed by atoms with Gasteiger partial charge in [0.15, 0.2) is 0 Å². The van der Waals surface area contributed by atoms with Crippen molar-refractivity contribution in [1.82, 2.24) is 25.8 Å². The predicted octanol–water partition coefficient (Wildman–Crippen LogP) is 3.06. The first-order chi connectivity index (χ1) is 17.4. The molecule has 1 aromatic heterocycles. The highest BCUT2D eigenvalue weighted by atomic mass is 16.5. The number of ether oxygens (including phenoxy) is 1. The molecule has 1 saturated heterocycles. The van der Waals surface area contributed by atoms with Gasteiger partial charge in [0.2, 0.25) is 5.91 Å². The van der Waals surface area contributed by atoms with Crippen LogP contribution in [-0.4, -0.2) is 63.7 Å². The minimum Gasteiger partial charge on any atom is -0.489 e. The van der Waals surface area contributed by atoms with E-state index in [2.05, 4.69) is 20.3 Å². The molecule has 0 atom stereocenters. The summed E-state index contributed by atoms with van der Waals surface area (Å²) in [5.74, 6) is -0.168. The third-order valence-corrected chi connectivity index (χ3v) is 6.54. The standard InChI is InChI=1S/C27H33N5O4/c1-4-31-17-27(15-25(33)30-35,18-32(31)5-2)29-26(34)20-10-12-22(13-11-20)36-16-21-14-19(3)28-24-9-7-6-8-23(21)24/h6-14,35H,4-5,15-18H2,1-3H3,(H,29,34)(H,30,33). The second-order valence-electron chi connectivity index (χ2n) is 9.16. The van der Waals surface area contributed by atoms with Crippen molar-refractivity contribution in [3.05, 3.63) is 71.4 Å². The molecule has 9 nitrogen and oxygen atoms in total. The Morgan fingerprint density at radius 3 is 2.36 bits per heavy atom. The van der Waals surface area contributed by atoms with Gasteiger partial charge in [-0.05, 0) is 43.3 Å². The van der Waals surface area contributed by atoms with E-state index in [0.717, 1.165) is 35.2 Å². The topological polar surface area (TPSA) is 107 Å². The van der Waals surface area contributed by atoms with Crippen molar-refractivity contribution in [2.75, 3.05) is 26.2 Å². The molecule has 1 fully saturated rings. The zero-order chi connectivity index (χ0) is 25.7. The number of likely N-dealkylation sites (N-methyl/N-ethyl adjacent to an activating group) is 2. The quantitative estimate of drug-likeness (QED) is 0.312. The van der Waals surface area contributed by atoms with Gasteiger partial charge in [-0.1, -0.05) is 32.0 Å². The first kappa shape index (κ1) is 25.6. The molecule has 2 aromatic carbocycles. The van der Waals surface area contributed by atoms with Crippen LogP contribution in [0.25, 0.3) is 10.9 Å². The molecular weight excluding hydrogens is 458 g/mol. The summed E-state index contributed by atoms with van der Waals surface area (Å²) in [5, 5.41) is 17.4.